The number of hydrogen-bond acceptors (Lipinski definition) is 2. The minimum Gasteiger partial charge on any atom is -1.00 e. The third-order valence-corrected chi connectivity index (χ3v) is 0.471. The second-order valence-corrected chi connectivity index (χ2v) is 1.09. The molecule has 44 valence electrons. The molecule has 0 atom stereocenters. The zero-order valence-corrected chi connectivity index (χ0v) is 8.38. The first-order valence-electron chi connectivity index (χ1n) is 2.21. The Balaban J connectivity index is -0.000000180. The van der Waals surface area contributed by atoms with Gasteiger partial charge in [-0.05, 0) is 0 Å². The topological polar surface area (TPSA) is 29.5 Å². The molecule has 0 unspecified atom stereocenters. The van der Waals surface area contributed by atoms with E-state index in [0.29, 0.717) is 13.2 Å². The van der Waals surface area contributed by atoms with E-state index >= 15 is 0 Å². The van der Waals surface area contributed by atoms with Crippen molar-refractivity contribution >= 4 is 0 Å². The molecule has 0 radical (unpaired) electrons. The van der Waals surface area contributed by atoms with Gasteiger partial charge in [-0.3, -0.25) is 0 Å². The minimum atomic E-state index is 0. The average molecular weight is 142 g/mol. The summed E-state index contributed by atoms with van der Waals surface area (Å²) in [6.45, 7) is 4.45. The van der Waals surface area contributed by atoms with Crippen molar-refractivity contribution in [3.63, 3.8) is 0 Å². The van der Waals surface area contributed by atoms with E-state index in [-0.39, 0.29) is 59.4 Å². The van der Waals surface area contributed by atoms with E-state index in [1.54, 1.807) is 6.08 Å². The molecule has 0 aliphatic carbocycles. The SMILES string of the molecule is C=CCOCCO.[H-].[K+]. The van der Waals surface area contributed by atoms with Gasteiger partial charge >= 0.3 is 51.4 Å². The Morgan fingerprint density at radius 2 is 2.38 bits per heavy atom. The molecule has 1 N–H and O–H groups in total. The number of hydrogen-bond donors (Lipinski definition) is 1. The van der Waals surface area contributed by atoms with Crippen LogP contribution in [0.4, 0.5) is 0 Å². The fraction of sp³-hybridized carbons (Fsp3) is 0.600. The standard InChI is InChI=1S/C5H10O2.K.H/c1-2-4-7-5-3-6;;/h2,6H,1,3-5H2;;/q;+1;-1. The van der Waals surface area contributed by atoms with E-state index in [2.05, 4.69) is 6.58 Å². The van der Waals surface area contributed by atoms with Gasteiger partial charge in [0.2, 0.25) is 0 Å². The summed E-state index contributed by atoms with van der Waals surface area (Å²) in [6, 6.07) is 0. The molecule has 0 bridgehead atoms. The molecule has 0 aliphatic heterocycles. The van der Waals surface area contributed by atoms with Gasteiger partial charge in [0.05, 0.1) is 19.8 Å². The van der Waals surface area contributed by atoms with Crippen LogP contribution in [0.5, 0.6) is 0 Å². The fourth-order valence-corrected chi connectivity index (χ4v) is 0.231. The van der Waals surface area contributed by atoms with E-state index in [0.717, 1.165) is 0 Å². The van der Waals surface area contributed by atoms with E-state index in [4.69, 9.17) is 9.84 Å². The summed E-state index contributed by atoms with van der Waals surface area (Å²) in [5.74, 6) is 0. The van der Waals surface area contributed by atoms with Crippen molar-refractivity contribution in [3.8, 4) is 0 Å². The van der Waals surface area contributed by atoms with E-state index in [9.17, 15) is 0 Å². The van der Waals surface area contributed by atoms with Crippen LogP contribution in [-0.2, 0) is 4.74 Å². The third-order valence-electron chi connectivity index (χ3n) is 0.471. The van der Waals surface area contributed by atoms with Gasteiger partial charge in [0.15, 0.2) is 0 Å². The number of ether oxygens (including phenoxy) is 1. The molecule has 0 aromatic rings. The predicted octanol–water partition coefficient (Wildman–Crippen LogP) is -2.70. The van der Waals surface area contributed by atoms with Gasteiger partial charge in [0.1, 0.15) is 0 Å². The quantitative estimate of drug-likeness (QED) is 0.263. The molecule has 3 heteroatoms. The molecular weight excluding hydrogens is 131 g/mol. The maximum absolute atomic E-state index is 8.13. The number of aliphatic hydroxyl groups excluding tert-OH is 1. The van der Waals surface area contributed by atoms with Crippen molar-refractivity contribution in [2.24, 2.45) is 0 Å². The molecule has 0 heterocycles. The molecular formula is C5H11KO2. The molecule has 0 fully saturated rings. The Morgan fingerprint density at radius 1 is 1.75 bits per heavy atom. The molecule has 0 aliphatic rings. The van der Waals surface area contributed by atoms with Gasteiger partial charge in [-0.15, -0.1) is 6.58 Å². The second-order valence-electron chi connectivity index (χ2n) is 1.09. The Labute approximate surface area is 93.8 Å². The monoisotopic (exact) mass is 142 g/mol. The maximum Gasteiger partial charge on any atom is 1.00 e. The summed E-state index contributed by atoms with van der Waals surface area (Å²) in [7, 11) is 0. The van der Waals surface area contributed by atoms with Crippen LogP contribution in [0.2, 0.25) is 0 Å². The molecule has 0 rings (SSSR count). The van der Waals surface area contributed by atoms with Gasteiger partial charge < -0.3 is 11.3 Å². The fourth-order valence-electron chi connectivity index (χ4n) is 0.231. The summed E-state index contributed by atoms with van der Waals surface area (Å²) in [5.41, 5.74) is 0. The third kappa shape index (κ3) is 10.3. The van der Waals surface area contributed by atoms with Crippen LogP contribution >= 0.6 is 0 Å². The Hall–Kier alpha value is 1.30. The summed E-state index contributed by atoms with van der Waals surface area (Å²) >= 11 is 0. The normalized spacial score (nSPS) is 7.62. The van der Waals surface area contributed by atoms with Crippen molar-refractivity contribution in [2.45, 2.75) is 0 Å². The zero-order valence-electron chi connectivity index (χ0n) is 6.26. The molecule has 0 saturated carbocycles. The Morgan fingerprint density at radius 3 is 2.75 bits per heavy atom. The van der Waals surface area contributed by atoms with Gasteiger partial charge in [-0.25, -0.2) is 0 Å². The Kier molecular flexibility index (Phi) is 16.7. The van der Waals surface area contributed by atoms with E-state index in [1.165, 1.54) is 0 Å². The molecule has 0 amide bonds. The molecule has 0 aromatic carbocycles. The van der Waals surface area contributed by atoms with E-state index < -0.39 is 0 Å². The summed E-state index contributed by atoms with van der Waals surface area (Å²) in [4.78, 5) is 0. The van der Waals surface area contributed by atoms with Crippen molar-refractivity contribution in [2.75, 3.05) is 19.8 Å². The number of rotatable bonds is 4. The van der Waals surface area contributed by atoms with Gasteiger partial charge in [0, 0.05) is 0 Å². The Bertz CT molecular complexity index is 52.2. The van der Waals surface area contributed by atoms with Crippen LogP contribution in [0, 0.1) is 0 Å². The smallest absolute Gasteiger partial charge is 1.00 e. The van der Waals surface area contributed by atoms with Crippen LogP contribution in [0.3, 0.4) is 0 Å². The van der Waals surface area contributed by atoms with Crippen molar-refractivity contribution in [1.29, 1.82) is 0 Å². The molecule has 0 aromatic heterocycles. The van der Waals surface area contributed by atoms with E-state index in [1.807, 2.05) is 0 Å². The molecule has 2 nitrogen and oxygen atoms in total. The molecule has 8 heavy (non-hydrogen) atoms. The van der Waals surface area contributed by atoms with Crippen LogP contribution in [-0.4, -0.2) is 24.9 Å². The van der Waals surface area contributed by atoms with Crippen LogP contribution in [0.1, 0.15) is 1.43 Å². The minimum absolute atomic E-state index is 0. The first-order chi connectivity index (χ1) is 3.41. The summed E-state index contributed by atoms with van der Waals surface area (Å²) in [6.07, 6.45) is 1.65. The zero-order chi connectivity index (χ0) is 5.54. The van der Waals surface area contributed by atoms with Gasteiger partial charge in [0.25, 0.3) is 0 Å². The van der Waals surface area contributed by atoms with Gasteiger partial charge in [-0.1, -0.05) is 6.08 Å². The average Bonchev–Trinajstić information content (AvgIpc) is 1.69. The van der Waals surface area contributed by atoms with Crippen LogP contribution in [0.25, 0.3) is 0 Å². The first-order valence-corrected chi connectivity index (χ1v) is 2.21. The van der Waals surface area contributed by atoms with Crippen molar-refractivity contribution in [1.82, 2.24) is 0 Å². The van der Waals surface area contributed by atoms with Crippen molar-refractivity contribution in [3.05, 3.63) is 12.7 Å². The largest absolute Gasteiger partial charge is 1.00 e. The van der Waals surface area contributed by atoms with Crippen molar-refractivity contribution < 1.29 is 62.7 Å². The summed E-state index contributed by atoms with van der Waals surface area (Å²) in [5, 5.41) is 8.13. The second kappa shape index (κ2) is 11.1. The first kappa shape index (κ1) is 12.0. The summed E-state index contributed by atoms with van der Waals surface area (Å²) < 4.78 is 4.76. The van der Waals surface area contributed by atoms with Crippen LogP contribution < -0.4 is 51.4 Å². The maximum atomic E-state index is 8.13. The van der Waals surface area contributed by atoms with Crippen LogP contribution in [0.15, 0.2) is 12.7 Å². The van der Waals surface area contributed by atoms with Gasteiger partial charge in [-0.2, -0.15) is 0 Å². The number of aliphatic hydroxyl groups is 1. The molecule has 0 saturated heterocycles. The molecule has 0 spiro atoms. The predicted molar refractivity (Wildman–Crippen MR) is 29.2 cm³/mol.